The van der Waals surface area contributed by atoms with Crippen LogP contribution in [0.4, 0.5) is 13.2 Å². The average molecular weight is 364 g/mol. The second kappa shape index (κ2) is 6.92. The zero-order valence-electron chi connectivity index (χ0n) is 13.0. The number of halogens is 3. The molecule has 0 aliphatic carbocycles. The molecule has 2 heterocycles. The molecule has 0 aliphatic rings. The number of carbonyl (C=O) groups is 1. The van der Waals surface area contributed by atoms with E-state index in [-0.39, 0.29) is 12.2 Å². The summed E-state index contributed by atoms with van der Waals surface area (Å²) in [6.45, 7) is 0. The van der Waals surface area contributed by atoms with Gasteiger partial charge >= 0.3 is 12.1 Å². The van der Waals surface area contributed by atoms with Crippen LogP contribution in [0.2, 0.25) is 0 Å². The Morgan fingerprint density at radius 3 is 2.38 bits per heavy atom. The number of nitrogens with one attached hydrogen (secondary N) is 1. The third-order valence-electron chi connectivity index (χ3n) is 3.43. The summed E-state index contributed by atoms with van der Waals surface area (Å²) >= 11 is 0. The summed E-state index contributed by atoms with van der Waals surface area (Å²) in [6.07, 6.45) is -0.0836. The molecule has 0 atom stereocenters. The molecule has 0 aliphatic heterocycles. The van der Waals surface area contributed by atoms with E-state index in [1.54, 1.807) is 0 Å². The average Bonchev–Trinajstić information content (AvgIpc) is 3.09. The first kappa shape index (κ1) is 17.5. The highest BCUT2D eigenvalue weighted by Crippen LogP contribution is 2.30. The van der Waals surface area contributed by atoms with Gasteiger partial charge in [-0.05, 0) is 17.7 Å². The Morgan fingerprint density at radius 1 is 1.15 bits per heavy atom. The van der Waals surface area contributed by atoms with Crippen molar-refractivity contribution in [3.05, 3.63) is 65.8 Å². The maximum Gasteiger partial charge on any atom is 0.416 e. The highest BCUT2D eigenvalue weighted by atomic mass is 19.4. The second-order valence-corrected chi connectivity index (χ2v) is 5.23. The molecule has 0 radical (unpaired) electrons. The fraction of sp³-hybridized carbons (Fsp3) is 0.125. The van der Waals surface area contributed by atoms with E-state index in [1.807, 2.05) is 0 Å². The third kappa shape index (κ3) is 3.86. The van der Waals surface area contributed by atoms with Crippen molar-refractivity contribution in [2.75, 3.05) is 0 Å². The second-order valence-electron chi connectivity index (χ2n) is 5.23. The minimum Gasteiger partial charge on any atom is -0.448 e. The smallest absolute Gasteiger partial charge is 0.416 e. The predicted octanol–water partition coefficient (Wildman–Crippen LogP) is 2.86. The van der Waals surface area contributed by atoms with Gasteiger partial charge in [0.15, 0.2) is 5.89 Å². The molecule has 2 aromatic heterocycles. The van der Waals surface area contributed by atoms with Gasteiger partial charge in [0.2, 0.25) is 5.82 Å². The normalized spacial score (nSPS) is 11.4. The number of carbonyl (C=O) groups excluding carboxylic acids is 1. The Hall–Kier alpha value is -3.27. The quantitative estimate of drug-likeness (QED) is 0.545. The zero-order chi connectivity index (χ0) is 18.7. The molecule has 7 nitrogen and oxygen atoms in total. The topological polar surface area (TPSA) is 101 Å². The molecule has 0 saturated carbocycles. The van der Waals surface area contributed by atoms with E-state index in [9.17, 15) is 18.0 Å². The van der Waals surface area contributed by atoms with E-state index in [2.05, 4.69) is 15.0 Å². The van der Waals surface area contributed by atoms with E-state index < -0.39 is 17.6 Å². The fourth-order valence-corrected chi connectivity index (χ4v) is 2.14. The number of aromatic nitrogens is 3. The lowest BCUT2D eigenvalue weighted by Gasteiger charge is -2.06. The van der Waals surface area contributed by atoms with Crippen LogP contribution in [0.3, 0.4) is 0 Å². The van der Waals surface area contributed by atoms with Crippen LogP contribution in [0, 0.1) is 0 Å². The lowest BCUT2D eigenvalue weighted by molar-refractivity contribution is -0.137. The number of hydrogen-bond donors (Lipinski definition) is 2. The zero-order valence-corrected chi connectivity index (χ0v) is 13.0. The van der Waals surface area contributed by atoms with Gasteiger partial charge in [0.1, 0.15) is 12.0 Å². The molecule has 1 aromatic carbocycles. The molecule has 1 amide bonds. The lowest BCUT2D eigenvalue weighted by Crippen LogP contribution is -2.21. The fourth-order valence-electron chi connectivity index (χ4n) is 2.14. The highest BCUT2D eigenvalue weighted by Gasteiger charge is 2.30. The van der Waals surface area contributed by atoms with Gasteiger partial charge in [-0.15, -0.1) is 0 Å². The first-order chi connectivity index (χ1) is 12.4. The van der Waals surface area contributed by atoms with Crippen molar-refractivity contribution >= 4 is 5.91 Å². The highest BCUT2D eigenvalue weighted by molar-refractivity contribution is 5.89. The first-order valence-electron chi connectivity index (χ1n) is 7.24. The molecular formula is C16H11F3N4O3. The van der Waals surface area contributed by atoms with E-state index in [4.69, 9.17) is 9.62 Å². The molecule has 0 fully saturated rings. The standard InChI is InChI=1S/C16H11F3N4O3/c17-16(18,19)11-3-1-10(2-4-11)12-8-26-13(22-12)5-9-6-20-14(21-7-9)15(24)23-25/h1-4,6-8,25H,5H2,(H,23,24). The van der Waals surface area contributed by atoms with E-state index >= 15 is 0 Å². The summed E-state index contributed by atoms with van der Waals surface area (Å²) in [7, 11) is 0. The minimum absolute atomic E-state index is 0.200. The molecule has 2 N–H and O–H groups in total. The Morgan fingerprint density at radius 2 is 1.81 bits per heavy atom. The van der Waals surface area contributed by atoms with Crippen molar-refractivity contribution in [2.24, 2.45) is 0 Å². The van der Waals surface area contributed by atoms with Crippen molar-refractivity contribution in [1.29, 1.82) is 0 Å². The molecule has 0 bridgehead atoms. The van der Waals surface area contributed by atoms with Crippen molar-refractivity contribution in [3.63, 3.8) is 0 Å². The van der Waals surface area contributed by atoms with Crippen LogP contribution in [0.1, 0.15) is 27.6 Å². The summed E-state index contributed by atoms with van der Waals surface area (Å²) < 4.78 is 43.1. The molecule has 0 spiro atoms. The van der Waals surface area contributed by atoms with Crippen LogP contribution in [-0.4, -0.2) is 26.1 Å². The largest absolute Gasteiger partial charge is 0.448 e. The van der Waals surface area contributed by atoms with Crippen LogP contribution in [0.5, 0.6) is 0 Å². The Kier molecular flexibility index (Phi) is 4.67. The SMILES string of the molecule is O=C(NO)c1ncc(Cc2nc(-c3ccc(C(F)(F)F)cc3)co2)cn1. The first-order valence-corrected chi connectivity index (χ1v) is 7.24. The van der Waals surface area contributed by atoms with Crippen molar-refractivity contribution in [2.45, 2.75) is 12.6 Å². The monoisotopic (exact) mass is 364 g/mol. The summed E-state index contributed by atoms with van der Waals surface area (Å²) in [4.78, 5) is 22.9. The van der Waals surface area contributed by atoms with Gasteiger partial charge in [-0.3, -0.25) is 10.0 Å². The molecule has 0 saturated heterocycles. The number of amides is 1. The number of hydrogen-bond acceptors (Lipinski definition) is 6. The van der Waals surface area contributed by atoms with Crippen LogP contribution in [0.15, 0.2) is 47.3 Å². The molecule has 10 heteroatoms. The van der Waals surface area contributed by atoms with Gasteiger partial charge in [-0.1, -0.05) is 12.1 Å². The number of nitrogens with zero attached hydrogens (tertiary/aromatic N) is 3. The molecule has 26 heavy (non-hydrogen) atoms. The van der Waals surface area contributed by atoms with Crippen LogP contribution in [-0.2, 0) is 12.6 Å². The molecule has 3 aromatic rings. The van der Waals surface area contributed by atoms with E-state index in [0.29, 0.717) is 22.7 Å². The van der Waals surface area contributed by atoms with Gasteiger partial charge in [0.05, 0.1) is 12.0 Å². The van der Waals surface area contributed by atoms with Crippen LogP contribution in [0.25, 0.3) is 11.3 Å². The number of oxazole rings is 1. The van der Waals surface area contributed by atoms with Crippen molar-refractivity contribution < 1.29 is 27.6 Å². The number of alkyl halides is 3. The van der Waals surface area contributed by atoms with Gasteiger partial charge in [-0.2, -0.15) is 13.2 Å². The lowest BCUT2D eigenvalue weighted by atomic mass is 10.1. The van der Waals surface area contributed by atoms with E-state index in [0.717, 1.165) is 12.1 Å². The third-order valence-corrected chi connectivity index (χ3v) is 3.43. The van der Waals surface area contributed by atoms with Gasteiger partial charge in [0, 0.05) is 18.0 Å². The molecular weight excluding hydrogens is 353 g/mol. The van der Waals surface area contributed by atoms with Gasteiger partial charge < -0.3 is 4.42 Å². The van der Waals surface area contributed by atoms with Crippen LogP contribution >= 0.6 is 0 Å². The summed E-state index contributed by atoms with van der Waals surface area (Å²) in [6, 6.07) is 4.58. The maximum atomic E-state index is 12.6. The molecule has 0 unspecified atom stereocenters. The Labute approximate surface area is 144 Å². The van der Waals surface area contributed by atoms with Crippen LogP contribution < -0.4 is 5.48 Å². The van der Waals surface area contributed by atoms with Crippen molar-refractivity contribution in [3.8, 4) is 11.3 Å². The molecule has 134 valence electrons. The van der Waals surface area contributed by atoms with E-state index in [1.165, 1.54) is 36.3 Å². The number of rotatable bonds is 4. The predicted molar refractivity (Wildman–Crippen MR) is 81.0 cm³/mol. The Balaban J connectivity index is 1.73. The summed E-state index contributed by atoms with van der Waals surface area (Å²) in [5.74, 6) is -0.728. The van der Waals surface area contributed by atoms with Crippen molar-refractivity contribution in [1.82, 2.24) is 20.4 Å². The number of hydroxylamine groups is 1. The minimum atomic E-state index is -4.40. The maximum absolute atomic E-state index is 12.6. The molecule has 3 rings (SSSR count). The van der Waals surface area contributed by atoms with Gasteiger partial charge in [-0.25, -0.2) is 20.4 Å². The summed E-state index contributed by atoms with van der Waals surface area (Å²) in [5, 5.41) is 8.50. The summed E-state index contributed by atoms with van der Waals surface area (Å²) in [5.41, 5.74) is 2.16. The van der Waals surface area contributed by atoms with Gasteiger partial charge in [0.25, 0.3) is 0 Å². The Bertz CT molecular complexity index is 906. The number of benzene rings is 1.